The molecule has 0 aliphatic carbocycles. The number of sulfonamides is 1. The Bertz CT molecular complexity index is 885. The molecule has 3 N–H and O–H groups in total. The molecule has 0 unspecified atom stereocenters. The van der Waals surface area contributed by atoms with E-state index in [1.54, 1.807) is 19.1 Å². The third kappa shape index (κ3) is 6.05. The van der Waals surface area contributed by atoms with Crippen LogP contribution in [-0.4, -0.2) is 45.7 Å². The Morgan fingerprint density at radius 1 is 1.18 bits per heavy atom. The largest absolute Gasteiger partial charge is 0.495 e. The molecule has 152 valence electrons. The quantitative estimate of drug-likeness (QED) is 0.517. The number of hydrogen-bond acceptors (Lipinski definition) is 5. The second kappa shape index (κ2) is 10.2. The number of nitrogens with one attached hydrogen (secondary N) is 2. The number of methoxy groups -OCH3 is 1. The van der Waals surface area contributed by atoms with Gasteiger partial charge in [0.05, 0.1) is 7.11 Å². The molecular weight excluding hydrogens is 380 g/mol. The van der Waals surface area contributed by atoms with Crippen molar-refractivity contribution in [2.45, 2.75) is 30.7 Å². The van der Waals surface area contributed by atoms with Crippen LogP contribution in [-0.2, 0) is 21.2 Å². The third-order valence-electron chi connectivity index (χ3n) is 4.14. The molecule has 0 heterocycles. The Labute approximate surface area is 165 Å². The molecule has 0 radical (unpaired) electrons. The minimum atomic E-state index is -4.01. The molecule has 2 aromatic rings. The Kier molecular flexibility index (Phi) is 7.98. The van der Waals surface area contributed by atoms with E-state index >= 15 is 0 Å². The number of ether oxygens (including phenoxy) is 1. The van der Waals surface area contributed by atoms with Gasteiger partial charge in [0, 0.05) is 13.2 Å². The fourth-order valence-corrected chi connectivity index (χ4v) is 4.15. The lowest BCUT2D eigenvalue weighted by Gasteiger charge is -2.20. The van der Waals surface area contributed by atoms with Gasteiger partial charge in [-0.25, -0.2) is 8.42 Å². The Morgan fingerprint density at radius 3 is 2.54 bits per heavy atom. The summed E-state index contributed by atoms with van der Waals surface area (Å²) < 4.78 is 33.7. The maximum absolute atomic E-state index is 13.0. The number of carbonyl (C=O) groups excluding carboxylic acids is 1. The predicted octanol–water partition coefficient (Wildman–Crippen LogP) is 1.39. The lowest BCUT2D eigenvalue weighted by Crippen LogP contribution is -2.48. The molecule has 0 aliphatic rings. The van der Waals surface area contributed by atoms with Crippen LogP contribution in [0.15, 0.2) is 53.4 Å². The van der Waals surface area contributed by atoms with E-state index in [9.17, 15) is 13.2 Å². The fraction of sp³-hybridized carbons (Fsp3) is 0.350. The topological polar surface area (TPSA) is 105 Å². The van der Waals surface area contributed by atoms with E-state index in [2.05, 4.69) is 10.0 Å². The van der Waals surface area contributed by atoms with Gasteiger partial charge in [-0.3, -0.25) is 4.79 Å². The van der Waals surface area contributed by atoms with Crippen molar-refractivity contribution in [2.75, 3.05) is 20.3 Å². The number of aryl methyl sites for hydroxylation is 1. The number of rotatable bonds is 10. The summed E-state index contributed by atoms with van der Waals surface area (Å²) >= 11 is 0. The van der Waals surface area contributed by atoms with Crippen LogP contribution in [0, 0.1) is 6.92 Å². The smallest absolute Gasteiger partial charge is 0.244 e. The molecule has 2 aromatic carbocycles. The van der Waals surface area contributed by atoms with Crippen molar-refractivity contribution < 1.29 is 23.1 Å². The zero-order valence-electron chi connectivity index (χ0n) is 16.0. The van der Waals surface area contributed by atoms with Gasteiger partial charge in [0.2, 0.25) is 15.9 Å². The summed E-state index contributed by atoms with van der Waals surface area (Å²) in [5, 5.41) is 11.6. The minimum Gasteiger partial charge on any atom is -0.495 e. The van der Waals surface area contributed by atoms with Crippen molar-refractivity contribution in [3.8, 4) is 5.75 Å². The molecule has 8 heteroatoms. The molecule has 0 aromatic heterocycles. The zero-order valence-corrected chi connectivity index (χ0v) is 16.8. The number of aliphatic hydroxyl groups is 1. The SMILES string of the molecule is COc1ccc(C)cc1S(=O)(=O)N[C@@H](Cc1ccccc1)C(=O)NCCCO. The molecule has 0 saturated carbocycles. The molecule has 0 bridgehead atoms. The van der Waals surface area contributed by atoms with Crippen LogP contribution in [0.4, 0.5) is 0 Å². The number of benzene rings is 2. The Morgan fingerprint density at radius 2 is 1.89 bits per heavy atom. The fourth-order valence-electron chi connectivity index (χ4n) is 2.70. The van der Waals surface area contributed by atoms with Crippen LogP contribution in [0.5, 0.6) is 5.75 Å². The van der Waals surface area contributed by atoms with E-state index in [1.165, 1.54) is 13.2 Å². The highest BCUT2D eigenvalue weighted by Crippen LogP contribution is 2.25. The van der Waals surface area contributed by atoms with Crippen LogP contribution in [0.25, 0.3) is 0 Å². The molecule has 2 rings (SSSR count). The van der Waals surface area contributed by atoms with Crippen LogP contribution in [0.2, 0.25) is 0 Å². The second-order valence-corrected chi connectivity index (χ2v) is 8.07. The summed E-state index contributed by atoms with van der Waals surface area (Å²) in [5.41, 5.74) is 1.58. The highest BCUT2D eigenvalue weighted by atomic mass is 32.2. The number of hydrogen-bond donors (Lipinski definition) is 3. The highest BCUT2D eigenvalue weighted by Gasteiger charge is 2.28. The summed E-state index contributed by atoms with van der Waals surface area (Å²) in [6.07, 6.45) is 0.585. The van der Waals surface area contributed by atoms with Crippen molar-refractivity contribution in [2.24, 2.45) is 0 Å². The molecule has 1 atom stereocenters. The molecule has 28 heavy (non-hydrogen) atoms. The van der Waals surface area contributed by atoms with Gasteiger partial charge in [0.25, 0.3) is 0 Å². The molecule has 1 amide bonds. The average molecular weight is 407 g/mol. The summed E-state index contributed by atoms with van der Waals surface area (Å²) in [6.45, 7) is 1.98. The molecular formula is C20H26N2O5S. The maximum atomic E-state index is 13.0. The van der Waals surface area contributed by atoms with Crippen LogP contribution in [0.1, 0.15) is 17.5 Å². The predicted molar refractivity (Wildman–Crippen MR) is 107 cm³/mol. The van der Waals surface area contributed by atoms with Gasteiger partial charge in [-0.2, -0.15) is 4.72 Å². The third-order valence-corrected chi connectivity index (χ3v) is 5.63. The van der Waals surface area contributed by atoms with Crippen molar-refractivity contribution in [1.82, 2.24) is 10.0 Å². The first-order valence-electron chi connectivity index (χ1n) is 8.97. The highest BCUT2D eigenvalue weighted by molar-refractivity contribution is 7.89. The molecule has 0 fully saturated rings. The summed E-state index contributed by atoms with van der Waals surface area (Å²) in [6, 6.07) is 13.0. The summed E-state index contributed by atoms with van der Waals surface area (Å²) in [4.78, 5) is 12.6. The number of amides is 1. The van der Waals surface area contributed by atoms with Gasteiger partial charge < -0.3 is 15.2 Å². The average Bonchev–Trinajstić information content (AvgIpc) is 2.68. The Balaban J connectivity index is 2.29. The van der Waals surface area contributed by atoms with Gasteiger partial charge >= 0.3 is 0 Å². The number of carbonyl (C=O) groups is 1. The van der Waals surface area contributed by atoms with Gasteiger partial charge in [-0.1, -0.05) is 36.4 Å². The van der Waals surface area contributed by atoms with Crippen molar-refractivity contribution in [1.29, 1.82) is 0 Å². The van der Waals surface area contributed by atoms with E-state index in [0.29, 0.717) is 6.42 Å². The Hall–Kier alpha value is -2.42. The molecule has 0 aliphatic heterocycles. The molecule has 0 spiro atoms. The van der Waals surface area contributed by atoms with Crippen molar-refractivity contribution >= 4 is 15.9 Å². The normalized spacial score (nSPS) is 12.4. The van der Waals surface area contributed by atoms with Crippen molar-refractivity contribution in [3.05, 3.63) is 59.7 Å². The van der Waals surface area contributed by atoms with E-state index in [1.807, 2.05) is 30.3 Å². The van der Waals surface area contributed by atoms with Crippen LogP contribution in [0.3, 0.4) is 0 Å². The lowest BCUT2D eigenvalue weighted by atomic mass is 10.1. The van der Waals surface area contributed by atoms with E-state index in [4.69, 9.17) is 9.84 Å². The minimum absolute atomic E-state index is 0.0174. The lowest BCUT2D eigenvalue weighted by molar-refractivity contribution is -0.122. The van der Waals surface area contributed by atoms with Gasteiger partial charge in [0.1, 0.15) is 16.7 Å². The van der Waals surface area contributed by atoms with Crippen LogP contribution >= 0.6 is 0 Å². The maximum Gasteiger partial charge on any atom is 0.244 e. The summed E-state index contributed by atoms with van der Waals surface area (Å²) in [5.74, 6) is -0.246. The summed E-state index contributed by atoms with van der Waals surface area (Å²) in [7, 11) is -2.61. The van der Waals surface area contributed by atoms with Gasteiger partial charge in [0.15, 0.2) is 0 Å². The van der Waals surface area contributed by atoms with E-state index in [0.717, 1.165) is 11.1 Å². The first kappa shape index (κ1) is 21.9. The standard InChI is InChI=1S/C20H26N2O5S/c1-15-9-10-18(27-2)19(13-15)28(25,26)22-17(20(24)21-11-6-12-23)14-16-7-4-3-5-8-16/h3-5,7-10,13,17,22-23H,6,11-12,14H2,1-2H3,(H,21,24)/t17-/m0/s1. The van der Waals surface area contributed by atoms with Crippen LogP contribution < -0.4 is 14.8 Å². The first-order valence-corrected chi connectivity index (χ1v) is 10.4. The second-order valence-electron chi connectivity index (χ2n) is 6.39. The number of aliphatic hydroxyl groups excluding tert-OH is 1. The van der Waals surface area contributed by atoms with E-state index < -0.39 is 22.0 Å². The zero-order chi connectivity index (χ0) is 20.6. The molecule has 7 nitrogen and oxygen atoms in total. The van der Waals surface area contributed by atoms with Crippen molar-refractivity contribution in [3.63, 3.8) is 0 Å². The first-order chi connectivity index (χ1) is 13.4. The van der Waals surface area contributed by atoms with Gasteiger partial charge in [-0.05, 0) is 43.0 Å². The monoisotopic (exact) mass is 406 g/mol. The van der Waals surface area contributed by atoms with E-state index in [-0.39, 0.29) is 30.2 Å². The molecule has 0 saturated heterocycles. The van der Waals surface area contributed by atoms with Gasteiger partial charge in [-0.15, -0.1) is 0 Å².